The van der Waals surface area contributed by atoms with E-state index in [0.717, 1.165) is 0 Å². The predicted molar refractivity (Wildman–Crippen MR) is 76.0 cm³/mol. The van der Waals surface area contributed by atoms with Gasteiger partial charge in [0, 0.05) is 12.1 Å². The zero-order valence-corrected chi connectivity index (χ0v) is 10.9. The maximum Gasteiger partial charge on any atom is 0.0434 e. The van der Waals surface area contributed by atoms with Crippen molar-refractivity contribution in [1.82, 2.24) is 10.9 Å². The van der Waals surface area contributed by atoms with Crippen LogP contribution in [0, 0.1) is 0 Å². The number of rotatable bonds is 5. The fraction of sp³-hybridized carbons (Fsp3) is 0.250. The molecule has 0 saturated heterocycles. The van der Waals surface area contributed by atoms with Gasteiger partial charge in [0.25, 0.3) is 0 Å². The summed E-state index contributed by atoms with van der Waals surface area (Å²) < 4.78 is 0. The third-order valence-corrected chi connectivity index (χ3v) is 3.12. The van der Waals surface area contributed by atoms with Crippen LogP contribution in [0.1, 0.15) is 37.1 Å². The van der Waals surface area contributed by atoms with Crippen LogP contribution in [0.2, 0.25) is 0 Å². The molecule has 2 N–H and O–H groups in total. The summed E-state index contributed by atoms with van der Waals surface area (Å²) in [7, 11) is 0. The Labute approximate surface area is 109 Å². The largest absolute Gasteiger partial charge is 0.250 e. The smallest absolute Gasteiger partial charge is 0.0434 e. The van der Waals surface area contributed by atoms with Gasteiger partial charge in [0.1, 0.15) is 0 Å². The number of hydrogen-bond acceptors (Lipinski definition) is 2. The molecule has 0 fully saturated rings. The van der Waals surface area contributed by atoms with Crippen molar-refractivity contribution < 1.29 is 0 Å². The molecule has 0 heterocycles. The van der Waals surface area contributed by atoms with Gasteiger partial charge in [-0.05, 0) is 25.0 Å². The molecule has 18 heavy (non-hydrogen) atoms. The minimum atomic E-state index is 0.289. The number of benzene rings is 2. The van der Waals surface area contributed by atoms with E-state index in [1.54, 1.807) is 0 Å². The maximum absolute atomic E-state index is 3.35. The summed E-state index contributed by atoms with van der Waals surface area (Å²) in [4.78, 5) is 0. The molecule has 0 amide bonds. The molecule has 0 spiro atoms. The molecule has 0 bridgehead atoms. The quantitative estimate of drug-likeness (QED) is 0.780. The van der Waals surface area contributed by atoms with E-state index in [-0.39, 0.29) is 12.1 Å². The summed E-state index contributed by atoms with van der Waals surface area (Å²) in [5.74, 6) is 0. The number of nitrogens with one attached hydrogen (secondary N) is 2. The first-order valence-corrected chi connectivity index (χ1v) is 6.38. The van der Waals surface area contributed by atoms with Crippen LogP contribution in [0.15, 0.2) is 60.7 Å². The summed E-state index contributed by atoms with van der Waals surface area (Å²) in [5, 5.41) is 0. The molecule has 0 aromatic heterocycles. The lowest BCUT2D eigenvalue weighted by molar-refractivity contribution is 0.411. The Hall–Kier alpha value is -1.64. The normalized spacial score (nSPS) is 14.1. The Bertz CT molecular complexity index is 408. The van der Waals surface area contributed by atoms with Crippen LogP contribution in [0.4, 0.5) is 0 Å². The number of hydrogen-bond donors (Lipinski definition) is 2. The fourth-order valence-corrected chi connectivity index (χ4v) is 1.90. The van der Waals surface area contributed by atoms with E-state index in [9.17, 15) is 0 Å². The summed E-state index contributed by atoms with van der Waals surface area (Å²) in [5.41, 5.74) is 9.26. The molecule has 0 aliphatic rings. The molecule has 0 saturated carbocycles. The number of hydrazine groups is 1. The summed E-state index contributed by atoms with van der Waals surface area (Å²) in [6, 6.07) is 21.4. The zero-order valence-electron chi connectivity index (χ0n) is 10.9. The van der Waals surface area contributed by atoms with E-state index in [1.807, 2.05) is 12.1 Å². The Kier molecular flexibility index (Phi) is 4.51. The lowest BCUT2D eigenvalue weighted by atomic mass is 10.1. The van der Waals surface area contributed by atoms with Crippen molar-refractivity contribution in [2.45, 2.75) is 25.9 Å². The highest BCUT2D eigenvalue weighted by molar-refractivity contribution is 5.19. The van der Waals surface area contributed by atoms with Gasteiger partial charge in [-0.25, -0.2) is 0 Å². The van der Waals surface area contributed by atoms with Crippen LogP contribution in [0.25, 0.3) is 0 Å². The molecule has 2 atom stereocenters. The van der Waals surface area contributed by atoms with E-state index >= 15 is 0 Å². The van der Waals surface area contributed by atoms with Crippen molar-refractivity contribution in [2.24, 2.45) is 0 Å². The lowest BCUT2D eigenvalue weighted by Gasteiger charge is -2.20. The Morgan fingerprint density at radius 1 is 0.611 bits per heavy atom. The van der Waals surface area contributed by atoms with Gasteiger partial charge in [0.15, 0.2) is 0 Å². The minimum absolute atomic E-state index is 0.289. The van der Waals surface area contributed by atoms with Gasteiger partial charge in [-0.2, -0.15) is 0 Å². The van der Waals surface area contributed by atoms with E-state index < -0.39 is 0 Å². The van der Waals surface area contributed by atoms with E-state index in [2.05, 4.69) is 73.2 Å². The summed E-state index contributed by atoms with van der Waals surface area (Å²) in [6.45, 7) is 4.31. The van der Waals surface area contributed by atoms with E-state index in [1.165, 1.54) is 11.1 Å². The van der Waals surface area contributed by atoms with Crippen molar-refractivity contribution >= 4 is 0 Å². The van der Waals surface area contributed by atoms with Gasteiger partial charge in [0.2, 0.25) is 0 Å². The lowest BCUT2D eigenvalue weighted by Crippen LogP contribution is -2.36. The van der Waals surface area contributed by atoms with Crippen LogP contribution in [-0.2, 0) is 0 Å². The molecule has 0 aliphatic carbocycles. The first-order valence-electron chi connectivity index (χ1n) is 6.38. The highest BCUT2D eigenvalue weighted by Crippen LogP contribution is 2.13. The van der Waals surface area contributed by atoms with Crippen molar-refractivity contribution in [3.05, 3.63) is 71.8 Å². The average molecular weight is 240 g/mol. The standard InChI is InChI=1S/C16H20N2/c1-13(15-9-5-3-6-10-15)17-18-14(2)16-11-7-4-8-12-16/h3-14,17-18H,1-2H3/t13-,14?/m0/s1. The first kappa shape index (κ1) is 12.8. The van der Waals surface area contributed by atoms with E-state index in [0.29, 0.717) is 0 Å². The van der Waals surface area contributed by atoms with Gasteiger partial charge < -0.3 is 0 Å². The van der Waals surface area contributed by atoms with Crippen molar-refractivity contribution in [3.8, 4) is 0 Å². The molecule has 94 valence electrons. The van der Waals surface area contributed by atoms with Gasteiger partial charge >= 0.3 is 0 Å². The first-order chi connectivity index (χ1) is 8.77. The molecule has 2 heteroatoms. The van der Waals surface area contributed by atoms with Crippen LogP contribution < -0.4 is 10.9 Å². The van der Waals surface area contributed by atoms with Gasteiger partial charge in [0.05, 0.1) is 0 Å². The average Bonchev–Trinajstić information content (AvgIpc) is 2.46. The minimum Gasteiger partial charge on any atom is -0.250 e. The Morgan fingerprint density at radius 3 is 1.28 bits per heavy atom. The second-order valence-corrected chi connectivity index (χ2v) is 4.55. The van der Waals surface area contributed by atoms with Crippen molar-refractivity contribution in [2.75, 3.05) is 0 Å². The molecule has 1 unspecified atom stereocenters. The molecule has 2 aromatic rings. The highest BCUT2D eigenvalue weighted by Gasteiger charge is 2.07. The monoisotopic (exact) mass is 240 g/mol. The van der Waals surface area contributed by atoms with E-state index in [4.69, 9.17) is 0 Å². The van der Waals surface area contributed by atoms with Crippen LogP contribution >= 0.6 is 0 Å². The summed E-state index contributed by atoms with van der Waals surface area (Å²) >= 11 is 0. The molecule has 0 radical (unpaired) electrons. The topological polar surface area (TPSA) is 24.1 Å². The second-order valence-electron chi connectivity index (χ2n) is 4.55. The molecule has 2 rings (SSSR count). The second kappa shape index (κ2) is 6.34. The SMILES string of the molecule is CC(NN[C@@H](C)c1ccccc1)c1ccccc1. The molecular weight excluding hydrogens is 220 g/mol. The van der Waals surface area contributed by atoms with Crippen LogP contribution in [-0.4, -0.2) is 0 Å². The predicted octanol–water partition coefficient (Wildman–Crippen LogP) is 3.60. The maximum atomic E-state index is 3.35. The highest BCUT2D eigenvalue weighted by atomic mass is 15.4. The molecular formula is C16H20N2. The Morgan fingerprint density at radius 2 is 0.944 bits per heavy atom. The molecule has 2 aromatic carbocycles. The third-order valence-electron chi connectivity index (χ3n) is 3.12. The van der Waals surface area contributed by atoms with Gasteiger partial charge in [-0.15, -0.1) is 0 Å². The summed E-state index contributed by atoms with van der Waals surface area (Å²) in [6.07, 6.45) is 0. The fourth-order valence-electron chi connectivity index (χ4n) is 1.90. The Balaban J connectivity index is 1.89. The van der Waals surface area contributed by atoms with Crippen LogP contribution in [0.3, 0.4) is 0 Å². The third kappa shape index (κ3) is 3.42. The molecule has 2 nitrogen and oxygen atoms in total. The van der Waals surface area contributed by atoms with Gasteiger partial charge in [-0.1, -0.05) is 60.7 Å². The van der Waals surface area contributed by atoms with Crippen molar-refractivity contribution in [1.29, 1.82) is 0 Å². The van der Waals surface area contributed by atoms with Crippen molar-refractivity contribution in [3.63, 3.8) is 0 Å². The zero-order chi connectivity index (χ0) is 12.8. The molecule has 0 aliphatic heterocycles. The van der Waals surface area contributed by atoms with Crippen LogP contribution in [0.5, 0.6) is 0 Å². The van der Waals surface area contributed by atoms with Gasteiger partial charge in [-0.3, -0.25) is 10.9 Å².